The molecule has 160 valence electrons. The Kier molecular flexibility index (Phi) is 7.33. The Labute approximate surface area is 172 Å². The maximum Gasteiger partial charge on any atom is 0.417 e. The lowest BCUT2D eigenvalue weighted by Gasteiger charge is -2.23. The third-order valence-electron chi connectivity index (χ3n) is 4.05. The van der Waals surface area contributed by atoms with Crippen LogP contribution in [0, 0.1) is 18.8 Å². The van der Waals surface area contributed by atoms with Crippen molar-refractivity contribution in [2.75, 3.05) is 6.61 Å². The van der Waals surface area contributed by atoms with E-state index in [0.29, 0.717) is 30.9 Å². The van der Waals surface area contributed by atoms with Crippen molar-refractivity contribution in [3.8, 4) is 23.3 Å². The molecular weight excluding hydrogens is 399 g/mol. The molecule has 0 aliphatic rings. The predicted molar refractivity (Wildman–Crippen MR) is 104 cm³/mol. The molecule has 0 spiro atoms. The van der Waals surface area contributed by atoms with Gasteiger partial charge in [0.15, 0.2) is 5.60 Å². The van der Waals surface area contributed by atoms with E-state index < -0.39 is 23.3 Å². The highest BCUT2D eigenvalue weighted by molar-refractivity contribution is 5.76. The summed E-state index contributed by atoms with van der Waals surface area (Å²) in [4.78, 5) is 14.9. The highest BCUT2D eigenvalue weighted by atomic mass is 19.4. The standard InChI is InChI=1S/C22H22F3NO4/c1-15-13-18(10-11-19(15)30-21(2,3)20(27)28)29-12-6-4-5-7-17-9-8-16(14-26-17)22(23,24)25/h8-11,13-14H,4,6,12H2,1-3H3,(H,27,28). The topological polar surface area (TPSA) is 68.7 Å². The second-order valence-electron chi connectivity index (χ2n) is 7.03. The monoisotopic (exact) mass is 421 g/mol. The summed E-state index contributed by atoms with van der Waals surface area (Å²) < 4.78 is 48.6. The summed E-state index contributed by atoms with van der Waals surface area (Å²) in [6.07, 6.45) is -2.53. The van der Waals surface area contributed by atoms with Crippen LogP contribution in [0.25, 0.3) is 0 Å². The molecular formula is C22H22F3NO4. The molecule has 2 rings (SSSR count). The number of carboxylic acids is 1. The molecule has 30 heavy (non-hydrogen) atoms. The van der Waals surface area contributed by atoms with E-state index in [1.165, 1.54) is 19.9 Å². The molecule has 1 aromatic carbocycles. The molecule has 0 saturated heterocycles. The average molecular weight is 421 g/mol. The Balaban J connectivity index is 1.81. The van der Waals surface area contributed by atoms with Gasteiger partial charge in [-0.25, -0.2) is 9.78 Å². The fourth-order valence-electron chi connectivity index (χ4n) is 2.28. The van der Waals surface area contributed by atoms with E-state index in [2.05, 4.69) is 16.8 Å². The molecule has 2 aromatic rings. The van der Waals surface area contributed by atoms with Gasteiger partial charge in [0.1, 0.15) is 17.2 Å². The van der Waals surface area contributed by atoms with Gasteiger partial charge in [0, 0.05) is 12.6 Å². The maximum absolute atomic E-state index is 12.5. The minimum atomic E-state index is -4.41. The van der Waals surface area contributed by atoms with Crippen LogP contribution in [-0.4, -0.2) is 28.3 Å². The van der Waals surface area contributed by atoms with Crippen molar-refractivity contribution in [2.45, 2.75) is 45.4 Å². The minimum Gasteiger partial charge on any atom is -0.494 e. The zero-order valence-electron chi connectivity index (χ0n) is 16.8. The first-order chi connectivity index (χ1) is 14.0. The number of carbonyl (C=O) groups is 1. The van der Waals surface area contributed by atoms with E-state index >= 15 is 0 Å². The number of hydrogen-bond donors (Lipinski definition) is 1. The normalized spacial score (nSPS) is 11.4. The van der Waals surface area contributed by atoms with Gasteiger partial charge in [-0.2, -0.15) is 13.2 Å². The Morgan fingerprint density at radius 1 is 1.20 bits per heavy atom. The molecule has 0 bridgehead atoms. The molecule has 1 N–H and O–H groups in total. The van der Waals surface area contributed by atoms with Gasteiger partial charge in [-0.3, -0.25) is 0 Å². The number of benzene rings is 1. The van der Waals surface area contributed by atoms with Gasteiger partial charge in [0.05, 0.1) is 12.2 Å². The van der Waals surface area contributed by atoms with Crippen LogP contribution in [0.5, 0.6) is 11.5 Å². The summed E-state index contributed by atoms with van der Waals surface area (Å²) in [7, 11) is 0. The third kappa shape index (κ3) is 6.69. The molecule has 5 nitrogen and oxygen atoms in total. The van der Waals surface area contributed by atoms with Crippen molar-refractivity contribution >= 4 is 5.97 Å². The van der Waals surface area contributed by atoms with Crippen LogP contribution in [0.2, 0.25) is 0 Å². The first-order valence-electron chi connectivity index (χ1n) is 9.17. The fraction of sp³-hybridized carbons (Fsp3) is 0.364. The molecule has 0 atom stereocenters. The molecule has 1 aromatic heterocycles. The Bertz CT molecular complexity index is 942. The zero-order chi connectivity index (χ0) is 22.4. The van der Waals surface area contributed by atoms with E-state index in [4.69, 9.17) is 14.6 Å². The number of carboxylic acid groups (broad SMARTS) is 1. The van der Waals surface area contributed by atoms with Gasteiger partial charge >= 0.3 is 12.1 Å². The number of unbranched alkanes of at least 4 members (excludes halogenated alkanes) is 1. The number of rotatable bonds is 7. The molecule has 8 heteroatoms. The van der Waals surface area contributed by atoms with Crippen LogP contribution in [-0.2, 0) is 11.0 Å². The van der Waals surface area contributed by atoms with Crippen molar-refractivity contribution in [3.05, 3.63) is 53.3 Å². The first kappa shape index (κ1) is 23.1. The van der Waals surface area contributed by atoms with E-state index in [1.54, 1.807) is 25.1 Å². The molecule has 0 saturated carbocycles. The maximum atomic E-state index is 12.5. The summed E-state index contributed by atoms with van der Waals surface area (Å²) in [5.41, 5.74) is -1.12. The molecule has 0 fully saturated rings. The van der Waals surface area contributed by atoms with Gasteiger partial charge in [-0.1, -0.05) is 5.92 Å². The molecule has 0 aliphatic carbocycles. The number of aliphatic carboxylic acids is 1. The van der Waals surface area contributed by atoms with Crippen molar-refractivity contribution in [1.29, 1.82) is 0 Å². The van der Waals surface area contributed by atoms with E-state index in [0.717, 1.165) is 17.8 Å². The van der Waals surface area contributed by atoms with Gasteiger partial charge in [-0.15, -0.1) is 0 Å². The summed E-state index contributed by atoms with van der Waals surface area (Å²) in [5, 5.41) is 9.14. The van der Waals surface area contributed by atoms with E-state index in [9.17, 15) is 18.0 Å². The van der Waals surface area contributed by atoms with Crippen molar-refractivity contribution in [3.63, 3.8) is 0 Å². The minimum absolute atomic E-state index is 0.277. The highest BCUT2D eigenvalue weighted by Gasteiger charge is 2.31. The third-order valence-corrected chi connectivity index (χ3v) is 4.05. The fourth-order valence-corrected chi connectivity index (χ4v) is 2.28. The van der Waals surface area contributed by atoms with E-state index in [1.807, 2.05) is 0 Å². The van der Waals surface area contributed by atoms with Gasteiger partial charge in [0.2, 0.25) is 0 Å². The number of aromatic nitrogens is 1. The van der Waals surface area contributed by atoms with Crippen LogP contribution >= 0.6 is 0 Å². The molecule has 0 amide bonds. The number of pyridine rings is 1. The summed E-state index contributed by atoms with van der Waals surface area (Å²) in [6, 6.07) is 7.30. The van der Waals surface area contributed by atoms with Crippen molar-refractivity contribution in [1.82, 2.24) is 4.98 Å². The summed E-state index contributed by atoms with van der Waals surface area (Å²) in [6.45, 7) is 5.14. The molecule has 0 unspecified atom stereocenters. The van der Waals surface area contributed by atoms with Crippen LogP contribution in [0.15, 0.2) is 36.5 Å². The SMILES string of the molecule is Cc1cc(OCCCC#Cc2ccc(C(F)(F)F)cn2)ccc1OC(C)(C)C(=O)O. The lowest BCUT2D eigenvalue weighted by molar-refractivity contribution is -0.152. The predicted octanol–water partition coefficient (Wildman–Crippen LogP) is 4.86. The molecule has 0 aliphatic heterocycles. The first-order valence-corrected chi connectivity index (χ1v) is 9.17. The number of ether oxygens (including phenoxy) is 2. The number of hydrogen-bond acceptors (Lipinski definition) is 4. The number of alkyl halides is 3. The van der Waals surface area contributed by atoms with Crippen molar-refractivity contribution < 1.29 is 32.5 Å². The lowest BCUT2D eigenvalue weighted by atomic mass is 10.1. The quantitative estimate of drug-likeness (QED) is 0.511. The van der Waals surface area contributed by atoms with Gasteiger partial charge in [-0.05, 0) is 69.0 Å². The number of nitrogens with zero attached hydrogens (tertiary/aromatic N) is 1. The second-order valence-corrected chi connectivity index (χ2v) is 7.03. The number of halogens is 3. The smallest absolute Gasteiger partial charge is 0.417 e. The molecule has 0 radical (unpaired) electrons. The van der Waals surface area contributed by atoms with Crippen LogP contribution in [0.3, 0.4) is 0 Å². The summed E-state index contributed by atoms with van der Waals surface area (Å²) >= 11 is 0. The van der Waals surface area contributed by atoms with Crippen LogP contribution in [0.4, 0.5) is 13.2 Å². The Morgan fingerprint density at radius 2 is 1.93 bits per heavy atom. The summed E-state index contributed by atoms with van der Waals surface area (Å²) in [5.74, 6) is 5.59. The van der Waals surface area contributed by atoms with Crippen LogP contribution < -0.4 is 9.47 Å². The van der Waals surface area contributed by atoms with Gasteiger partial charge < -0.3 is 14.6 Å². The molecule has 1 heterocycles. The average Bonchev–Trinajstić information content (AvgIpc) is 2.66. The Hall–Kier alpha value is -3.21. The Morgan fingerprint density at radius 3 is 2.50 bits per heavy atom. The van der Waals surface area contributed by atoms with Gasteiger partial charge in [0.25, 0.3) is 0 Å². The number of aryl methyl sites for hydroxylation is 1. The highest BCUT2D eigenvalue weighted by Crippen LogP contribution is 2.28. The second kappa shape index (κ2) is 9.53. The largest absolute Gasteiger partial charge is 0.494 e. The van der Waals surface area contributed by atoms with Crippen LogP contribution in [0.1, 0.15) is 43.5 Å². The lowest BCUT2D eigenvalue weighted by Crippen LogP contribution is -2.38. The van der Waals surface area contributed by atoms with Crippen molar-refractivity contribution in [2.24, 2.45) is 0 Å². The van der Waals surface area contributed by atoms with E-state index in [-0.39, 0.29) is 5.69 Å². The zero-order valence-corrected chi connectivity index (χ0v) is 16.8.